The number of unbranched alkanes of at least 4 members (excludes halogenated alkanes) is 1. The van der Waals surface area contributed by atoms with Crippen LogP contribution in [0.3, 0.4) is 0 Å². The van der Waals surface area contributed by atoms with Gasteiger partial charge in [-0.25, -0.2) is 0 Å². The average molecular weight is 599 g/mol. The molecule has 1 atom stereocenters. The maximum Gasteiger partial charge on any atom is 0.416 e. The molecule has 1 amide bonds. The molecule has 0 saturated carbocycles. The predicted octanol–water partition coefficient (Wildman–Crippen LogP) is 7.74. The van der Waals surface area contributed by atoms with Crippen molar-refractivity contribution in [2.24, 2.45) is 5.92 Å². The van der Waals surface area contributed by atoms with E-state index in [1.54, 1.807) is 59.2 Å². The minimum atomic E-state index is -4.55. The topological polar surface area (TPSA) is 88.4 Å². The molecule has 6 nitrogen and oxygen atoms in total. The Morgan fingerprint density at radius 2 is 1.74 bits per heavy atom. The van der Waals surface area contributed by atoms with Gasteiger partial charge in [-0.3, -0.25) is 14.4 Å². The van der Waals surface area contributed by atoms with Crippen LogP contribution in [-0.4, -0.2) is 33.9 Å². The van der Waals surface area contributed by atoms with E-state index < -0.39 is 29.5 Å². The van der Waals surface area contributed by atoms with Gasteiger partial charge < -0.3 is 15.0 Å². The number of carboxylic acids is 1. The average Bonchev–Trinajstić information content (AvgIpc) is 3.33. The van der Waals surface area contributed by atoms with Crippen molar-refractivity contribution in [2.75, 3.05) is 6.54 Å². The van der Waals surface area contributed by atoms with Gasteiger partial charge in [-0.1, -0.05) is 49.6 Å². The fraction of sp³-hybridized carbons (Fsp3) is 0.281. The zero-order valence-corrected chi connectivity index (χ0v) is 23.6. The number of aromatic nitrogens is 1. The second-order valence-corrected chi connectivity index (χ2v) is 10.6. The number of aliphatic carboxylic acids is 1. The lowest BCUT2D eigenvalue weighted by Crippen LogP contribution is -2.26. The molecule has 10 heteroatoms. The number of Topliss-reactive ketones (excluding diaryl/α,β-unsaturated/α-hetero) is 1. The van der Waals surface area contributed by atoms with Crippen LogP contribution in [0.2, 0.25) is 5.02 Å². The maximum absolute atomic E-state index is 14.1. The Hall–Kier alpha value is -4.11. The summed E-state index contributed by atoms with van der Waals surface area (Å²) < 4.78 is 42.3. The third-order valence-electron chi connectivity index (χ3n) is 7.05. The normalized spacial score (nSPS) is 12.3. The molecule has 1 unspecified atom stereocenters. The number of carbonyl (C=O) groups is 3. The van der Waals surface area contributed by atoms with Gasteiger partial charge in [-0.15, -0.1) is 0 Å². The number of carbonyl (C=O) groups excluding carboxylic acids is 2. The number of fused-ring (bicyclic) bond motifs is 1. The van der Waals surface area contributed by atoms with Crippen LogP contribution in [0.25, 0.3) is 16.6 Å². The van der Waals surface area contributed by atoms with Crippen LogP contribution in [-0.2, 0) is 17.4 Å². The van der Waals surface area contributed by atoms with Crippen molar-refractivity contribution in [1.82, 2.24) is 9.88 Å². The lowest BCUT2D eigenvalue weighted by Gasteiger charge is -2.19. The van der Waals surface area contributed by atoms with E-state index in [0.717, 1.165) is 30.5 Å². The first-order valence-electron chi connectivity index (χ1n) is 13.6. The van der Waals surface area contributed by atoms with Gasteiger partial charge in [-0.2, -0.15) is 13.2 Å². The monoisotopic (exact) mass is 598 g/mol. The van der Waals surface area contributed by atoms with Crippen LogP contribution < -0.4 is 5.32 Å². The molecule has 220 valence electrons. The summed E-state index contributed by atoms with van der Waals surface area (Å²) in [4.78, 5) is 37.2. The van der Waals surface area contributed by atoms with E-state index in [4.69, 9.17) is 16.7 Å². The summed E-state index contributed by atoms with van der Waals surface area (Å²) in [6.07, 6.45) is -2.17. The summed E-state index contributed by atoms with van der Waals surface area (Å²) in [6, 6.07) is 18.3. The highest BCUT2D eigenvalue weighted by Gasteiger charge is 2.31. The lowest BCUT2D eigenvalue weighted by molar-refractivity contribution is -0.138. The van der Waals surface area contributed by atoms with Crippen molar-refractivity contribution in [3.05, 3.63) is 100 Å². The Morgan fingerprint density at radius 3 is 2.40 bits per heavy atom. The number of alkyl halides is 3. The predicted molar refractivity (Wildman–Crippen MR) is 155 cm³/mol. The smallest absolute Gasteiger partial charge is 0.416 e. The van der Waals surface area contributed by atoms with E-state index >= 15 is 0 Å². The molecule has 0 aliphatic carbocycles. The number of halogens is 4. The Kier molecular flexibility index (Phi) is 9.73. The summed E-state index contributed by atoms with van der Waals surface area (Å²) in [5.41, 5.74) is 1.41. The highest BCUT2D eigenvalue weighted by atomic mass is 35.5. The van der Waals surface area contributed by atoms with Crippen molar-refractivity contribution in [1.29, 1.82) is 0 Å². The molecule has 3 aromatic carbocycles. The molecule has 0 radical (unpaired) electrons. The second kappa shape index (κ2) is 13.2. The Labute approximate surface area is 246 Å². The second-order valence-electron chi connectivity index (χ2n) is 10.1. The molecule has 4 rings (SSSR count). The molecule has 0 saturated heterocycles. The Morgan fingerprint density at radius 1 is 1.00 bits per heavy atom. The number of amides is 1. The zero-order chi connectivity index (χ0) is 30.4. The molecule has 0 bridgehead atoms. The van der Waals surface area contributed by atoms with Crippen LogP contribution in [0.5, 0.6) is 0 Å². The van der Waals surface area contributed by atoms with Gasteiger partial charge in [0.2, 0.25) is 0 Å². The number of nitrogens with one attached hydrogen (secondary N) is 1. The van der Waals surface area contributed by atoms with Crippen molar-refractivity contribution in [3.63, 3.8) is 0 Å². The van der Waals surface area contributed by atoms with Gasteiger partial charge in [0.15, 0.2) is 5.78 Å². The first-order chi connectivity index (χ1) is 20.0. The summed E-state index contributed by atoms with van der Waals surface area (Å²) in [7, 11) is 0. The molecule has 0 aliphatic rings. The molecule has 4 aromatic rings. The van der Waals surface area contributed by atoms with E-state index in [2.05, 4.69) is 5.32 Å². The van der Waals surface area contributed by atoms with Crippen molar-refractivity contribution in [3.8, 4) is 5.69 Å². The Bertz CT molecular complexity index is 1600. The number of rotatable bonds is 12. The SMILES string of the molecule is CCCCC(Cc1ccc(C(=O)NCCC(=O)O)cc1)C(=O)c1cc2cc(Cl)ccc2n1-c1cccc(C(F)(F)F)c1. The highest BCUT2D eigenvalue weighted by Crippen LogP contribution is 2.34. The molecule has 42 heavy (non-hydrogen) atoms. The number of carboxylic acid groups (broad SMARTS) is 1. The highest BCUT2D eigenvalue weighted by molar-refractivity contribution is 6.31. The third kappa shape index (κ3) is 7.39. The van der Waals surface area contributed by atoms with E-state index in [0.29, 0.717) is 34.3 Å². The minimum Gasteiger partial charge on any atom is -0.481 e. The van der Waals surface area contributed by atoms with Crippen molar-refractivity contribution < 1.29 is 32.7 Å². The fourth-order valence-electron chi connectivity index (χ4n) is 4.91. The number of nitrogens with zero attached hydrogens (tertiary/aromatic N) is 1. The molecule has 1 heterocycles. The van der Waals surface area contributed by atoms with Crippen LogP contribution in [0.4, 0.5) is 13.2 Å². The lowest BCUT2D eigenvalue weighted by atomic mass is 9.88. The zero-order valence-electron chi connectivity index (χ0n) is 22.9. The van der Waals surface area contributed by atoms with Gasteiger partial charge in [0.25, 0.3) is 5.91 Å². The van der Waals surface area contributed by atoms with Gasteiger partial charge in [0.1, 0.15) is 0 Å². The van der Waals surface area contributed by atoms with Gasteiger partial charge >= 0.3 is 12.1 Å². The molecular formula is C32H30ClF3N2O4. The number of benzene rings is 3. The van der Waals surface area contributed by atoms with Crippen LogP contribution in [0, 0.1) is 5.92 Å². The summed E-state index contributed by atoms with van der Waals surface area (Å²) in [5.74, 6) is -2.08. The first-order valence-corrected chi connectivity index (χ1v) is 14.0. The van der Waals surface area contributed by atoms with Gasteiger partial charge in [-0.05, 0) is 73.0 Å². The molecule has 2 N–H and O–H groups in total. The molecule has 0 spiro atoms. The van der Waals surface area contributed by atoms with E-state index in [9.17, 15) is 27.6 Å². The van der Waals surface area contributed by atoms with Crippen LogP contribution in [0.15, 0.2) is 72.8 Å². The standard InChI is InChI=1S/C32H30ClF3N2O4/c1-2-3-5-22(16-20-8-10-21(11-9-20)31(42)37-15-14-29(39)40)30(41)28-18-23-17-25(33)12-13-27(23)38(28)26-7-4-6-24(19-26)32(34,35)36/h4,6-13,17-19,22H,2-3,5,14-16H2,1H3,(H,37,42)(H,39,40). The molecule has 1 aromatic heterocycles. The number of ketones is 1. The molecule has 0 aliphatic heterocycles. The first kappa shape index (κ1) is 30.8. The van der Waals surface area contributed by atoms with Gasteiger partial charge in [0.05, 0.1) is 23.2 Å². The van der Waals surface area contributed by atoms with Crippen LogP contribution >= 0.6 is 11.6 Å². The Balaban J connectivity index is 1.67. The van der Waals surface area contributed by atoms with Crippen LogP contribution in [0.1, 0.15) is 64.6 Å². The number of hydrogen-bond acceptors (Lipinski definition) is 3. The van der Waals surface area contributed by atoms with Crippen molar-refractivity contribution in [2.45, 2.75) is 45.2 Å². The number of hydrogen-bond donors (Lipinski definition) is 2. The fourth-order valence-corrected chi connectivity index (χ4v) is 5.09. The van der Waals surface area contributed by atoms with E-state index in [-0.39, 0.29) is 30.1 Å². The maximum atomic E-state index is 14.1. The van der Waals surface area contributed by atoms with E-state index in [1.165, 1.54) is 6.07 Å². The van der Waals surface area contributed by atoms with E-state index in [1.807, 2.05) is 6.92 Å². The van der Waals surface area contributed by atoms with Gasteiger partial charge in [0, 0.05) is 34.1 Å². The van der Waals surface area contributed by atoms with Crippen molar-refractivity contribution >= 4 is 40.2 Å². The quantitative estimate of drug-likeness (QED) is 0.163. The third-order valence-corrected chi connectivity index (χ3v) is 7.28. The molecular weight excluding hydrogens is 569 g/mol. The summed E-state index contributed by atoms with van der Waals surface area (Å²) in [5, 5.41) is 12.4. The largest absolute Gasteiger partial charge is 0.481 e. The minimum absolute atomic E-state index is 0.00853. The summed E-state index contributed by atoms with van der Waals surface area (Å²) in [6.45, 7) is 2.02. The summed E-state index contributed by atoms with van der Waals surface area (Å²) >= 11 is 6.21. The molecule has 0 fully saturated rings.